The van der Waals surface area contributed by atoms with E-state index in [1.807, 2.05) is 0 Å². The molecular formula is C27H28FN3O5. The zero-order valence-electron chi connectivity index (χ0n) is 19.9. The van der Waals surface area contributed by atoms with Crippen LogP contribution in [0.3, 0.4) is 0 Å². The van der Waals surface area contributed by atoms with Crippen molar-refractivity contribution in [3.05, 3.63) is 84.1 Å². The number of carbonyl (C=O) groups is 3. The standard InChI is InChI=1S/C27H28FN3O5/c1-35-22-14-8-18(9-15-22)25(27(34)30-20-5-2-3-6-20)31(21-12-10-19(28)11-13-21)24(32)17-29-26(33)23-7-4-16-36-23/h4,7-16,20,25H,2-3,5-6,17H2,1H3,(H,29,33)(H,30,34)/t25-/m1/s1. The van der Waals surface area contributed by atoms with E-state index in [2.05, 4.69) is 10.6 Å². The van der Waals surface area contributed by atoms with Crippen LogP contribution >= 0.6 is 0 Å². The Kier molecular flexibility index (Phi) is 7.99. The summed E-state index contributed by atoms with van der Waals surface area (Å²) in [5.41, 5.74) is 0.859. The number of furan rings is 1. The van der Waals surface area contributed by atoms with Crippen molar-refractivity contribution in [2.24, 2.45) is 0 Å². The maximum Gasteiger partial charge on any atom is 0.287 e. The molecule has 1 saturated carbocycles. The second-order valence-corrected chi connectivity index (χ2v) is 8.57. The summed E-state index contributed by atoms with van der Waals surface area (Å²) >= 11 is 0. The molecule has 188 valence electrons. The fraction of sp³-hybridized carbons (Fsp3) is 0.296. The summed E-state index contributed by atoms with van der Waals surface area (Å²) in [7, 11) is 1.54. The van der Waals surface area contributed by atoms with E-state index in [0.717, 1.165) is 25.7 Å². The van der Waals surface area contributed by atoms with Crippen LogP contribution in [0.5, 0.6) is 5.75 Å². The highest BCUT2D eigenvalue weighted by atomic mass is 19.1. The lowest BCUT2D eigenvalue weighted by Crippen LogP contribution is -2.49. The molecule has 2 aromatic carbocycles. The first kappa shape index (κ1) is 25.0. The van der Waals surface area contributed by atoms with Crippen LogP contribution in [0, 0.1) is 5.82 Å². The number of amides is 3. The van der Waals surface area contributed by atoms with Crippen molar-refractivity contribution >= 4 is 23.4 Å². The molecule has 0 unspecified atom stereocenters. The van der Waals surface area contributed by atoms with Gasteiger partial charge in [0.2, 0.25) is 11.8 Å². The van der Waals surface area contributed by atoms with E-state index in [-0.39, 0.29) is 17.7 Å². The first-order valence-electron chi connectivity index (χ1n) is 11.8. The molecule has 36 heavy (non-hydrogen) atoms. The van der Waals surface area contributed by atoms with Crippen molar-refractivity contribution in [3.8, 4) is 5.75 Å². The fourth-order valence-electron chi connectivity index (χ4n) is 4.33. The third kappa shape index (κ3) is 5.91. The van der Waals surface area contributed by atoms with Crippen LogP contribution in [-0.4, -0.2) is 37.4 Å². The van der Waals surface area contributed by atoms with Crippen LogP contribution in [0.2, 0.25) is 0 Å². The highest BCUT2D eigenvalue weighted by Crippen LogP contribution is 2.30. The van der Waals surface area contributed by atoms with E-state index < -0.39 is 30.2 Å². The topological polar surface area (TPSA) is 101 Å². The van der Waals surface area contributed by atoms with Gasteiger partial charge in [-0.3, -0.25) is 19.3 Å². The lowest BCUT2D eigenvalue weighted by atomic mass is 10.0. The molecule has 1 aliphatic rings. The molecule has 1 atom stereocenters. The zero-order valence-corrected chi connectivity index (χ0v) is 19.9. The minimum Gasteiger partial charge on any atom is -0.497 e. The summed E-state index contributed by atoms with van der Waals surface area (Å²) in [5.74, 6) is -1.30. The van der Waals surface area contributed by atoms with Crippen molar-refractivity contribution in [1.82, 2.24) is 10.6 Å². The summed E-state index contributed by atoms with van der Waals surface area (Å²) in [6.07, 6.45) is 5.14. The number of halogens is 1. The molecule has 3 aromatic rings. The van der Waals surface area contributed by atoms with Gasteiger partial charge in [-0.05, 0) is 66.9 Å². The number of ether oxygens (including phenoxy) is 1. The third-order valence-electron chi connectivity index (χ3n) is 6.16. The lowest BCUT2D eigenvalue weighted by molar-refractivity contribution is -0.126. The minimum absolute atomic E-state index is 0.0158. The van der Waals surface area contributed by atoms with Gasteiger partial charge in [0.25, 0.3) is 5.91 Å². The van der Waals surface area contributed by atoms with Gasteiger partial charge in [-0.15, -0.1) is 0 Å². The molecule has 1 aromatic heterocycles. The number of hydrogen-bond acceptors (Lipinski definition) is 5. The summed E-state index contributed by atoms with van der Waals surface area (Å²) < 4.78 is 24.1. The first-order valence-corrected chi connectivity index (χ1v) is 11.8. The SMILES string of the molecule is COc1ccc([C@H](C(=O)NC2CCCC2)N(C(=O)CNC(=O)c2ccco2)c2ccc(F)cc2)cc1. The van der Waals surface area contributed by atoms with Gasteiger partial charge in [0, 0.05) is 11.7 Å². The van der Waals surface area contributed by atoms with Crippen LogP contribution in [0.25, 0.3) is 0 Å². The smallest absolute Gasteiger partial charge is 0.287 e. The molecule has 9 heteroatoms. The van der Waals surface area contributed by atoms with Crippen molar-refractivity contribution in [3.63, 3.8) is 0 Å². The number of nitrogens with zero attached hydrogens (tertiary/aromatic N) is 1. The summed E-state index contributed by atoms with van der Waals surface area (Å²) in [5, 5.41) is 5.60. The number of nitrogens with one attached hydrogen (secondary N) is 2. The predicted molar refractivity (Wildman–Crippen MR) is 131 cm³/mol. The van der Waals surface area contributed by atoms with Crippen LogP contribution in [0.15, 0.2) is 71.3 Å². The molecule has 8 nitrogen and oxygen atoms in total. The molecule has 4 rings (SSSR count). The van der Waals surface area contributed by atoms with Crippen LogP contribution in [0.1, 0.15) is 47.8 Å². The van der Waals surface area contributed by atoms with Gasteiger partial charge in [-0.25, -0.2) is 4.39 Å². The quantitative estimate of drug-likeness (QED) is 0.470. The maximum atomic E-state index is 13.7. The highest BCUT2D eigenvalue weighted by Gasteiger charge is 2.34. The van der Waals surface area contributed by atoms with Crippen molar-refractivity contribution in [2.45, 2.75) is 37.8 Å². The summed E-state index contributed by atoms with van der Waals surface area (Å²) in [6, 6.07) is 14.1. The van der Waals surface area contributed by atoms with E-state index >= 15 is 0 Å². The monoisotopic (exact) mass is 493 g/mol. The highest BCUT2D eigenvalue weighted by molar-refractivity contribution is 6.04. The Balaban J connectivity index is 1.68. The number of rotatable bonds is 9. The van der Waals surface area contributed by atoms with E-state index in [4.69, 9.17) is 9.15 Å². The van der Waals surface area contributed by atoms with E-state index in [1.165, 1.54) is 48.6 Å². The van der Waals surface area contributed by atoms with Gasteiger partial charge < -0.3 is 19.8 Å². The Hall–Kier alpha value is -4.14. The minimum atomic E-state index is -1.06. The van der Waals surface area contributed by atoms with Crippen molar-refractivity contribution in [2.75, 3.05) is 18.6 Å². The number of hydrogen-bond donors (Lipinski definition) is 2. The first-order chi connectivity index (χ1) is 17.5. The lowest BCUT2D eigenvalue weighted by Gasteiger charge is -2.32. The maximum absolute atomic E-state index is 13.7. The molecule has 1 fully saturated rings. The fourth-order valence-corrected chi connectivity index (χ4v) is 4.33. The second kappa shape index (κ2) is 11.5. The number of methoxy groups -OCH3 is 1. The number of benzene rings is 2. The molecule has 1 aliphatic carbocycles. The summed E-state index contributed by atoms with van der Waals surface area (Å²) in [4.78, 5) is 40.9. The van der Waals surface area contributed by atoms with Gasteiger partial charge >= 0.3 is 0 Å². The second-order valence-electron chi connectivity index (χ2n) is 8.57. The average Bonchev–Trinajstić information content (AvgIpc) is 3.61. The van der Waals surface area contributed by atoms with Crippen LogP contribution in [-0.2, 0) is 9.59 Å². The normalized spacial score (nSPS) is 14.2. The van der Waals surface area contributed by atoms with Gasteiger partial charge in [0.05, 0.1) is 19.9 Å². The molecule has 2 N–H and O–H groups in total. The van der Waals surface area contributed by atoms with Gasteiger partial charge in [0.1, 0.15) is 17.6 Å². The van der Waals surface area contributed by atoms with Gasteiger partial charge in [-0.1, -0.05) is 25.0 Å². The molecule has 3 amide bonds. The molecule has 0 saturated heterocycles. The van der Waals surface area contributed by atoms with Gasteiger partial charge in [0.15, 0.2) is 5.76 Å². The molecule has 0 bridgehead atoms. The van der Waals surface area contributed by atoms with E-state index in [0.29, 0.717) is 17.0 Å². The number of anilines is 1. The number of carbonyl (C=O) groups excluding carboxylic acids is 3. The molecule has 1 heterocycles. The Morgan fingerprint density at radius 3 is 2.36 bits per heavy atom. The third-order valence-corrected chi connectivity index (χ3v) is 6.16. The molecule has 0 radical (unpaired) electrons. The van der Waals surface area contributed by atoms with E-state index in [1.54, 1.807) is 30.3 Å². The van der Waals surface area contributed by atoms with Crippen molar-refractivity contribution < 1.29 is 27.9 Å². The van der Waals surface area contributed by atoms with Gasteiger partial charge in [-0.2, -0.15) is 0 Å². The zero-order chi connectivity index (χ0) is 25.5. The predicted octanol–water partition coefficient (Wildman–Crippen LogP) is 3.99. The molecular weight excluding hydrogens is 465 g/mol. The average molecular weight is 494 g/mol. The van der Waals surface area contributed by atoms with Crippen molar-refractivity contribution in [1.29, 1.82) is 0 Å². The van der Waals surface area contributed by atoms with Crippen LogP contribution in [0.4, 0.5) is 10.1 Å². The van der Waals surface area contributed by atoms with E-state index in [9.17, 15) is 18.8 Å². The summed E-state index contributed by atoms with van der Waals surface area (Å²) in [6.45, 7) is -0.403. The Bertz CT molecular complexity index is 1170. The largest absolute Gasteiger partial charge is 0.497 e. The molecule has 0 spiro atoms. The molecule has 0 aliphatic heterocycles. The van der Waals surface area contributed by atoms with Crippen LogP contribution < -0.4 is 20.3 Å². The Morgan fingerprint density at radius 2 is 1.75 bits per heavy atom. The Labute approximate surface area is 208 Å². The Morgan fingerprint density at radius 1 is 1.06 bits per heavy atom.